The van der Waals surface area contributed by atoms with Gasteiger partial charge in [0.25, 0.3) is 0 Å². The molecule has 0 aromatic heterocycles. The van der Waals surface area contributed by atoms with Crippen molar-refractivity contribution in [2.24, 2.45) is 0 Å². The molecule has 0 N–H and O–H groups in total. The van der Waals surface area contributed by atoms with Crippen LogP contribution in [0.4, 0.5) is 17.1 Å². The molecule has 0 radical (unpaired) electrons. The first-order chi connectivity index (χ1) is 21.3. The van der Waals surface area contributed by atoms with Gasteiger partial charge in [0.05, 0.1) is 0 Å². The van der Waals surface area contributed by atoms with Gasteiger partial charge in [0.1, 0.15) is 0 Å². The van der Waals surface area contributed by atoms with Gasteiger partial charge in [0.2, 0.25) is 6.71 Å². The fourth-order valence-electron chi connectivity index (χ4n) is 7.04. The van der Waals surface area contributed by atoms with E-state index < -0.39 is 0 Å². The molecule has 44 heavy (non-hydrogen) atoms. The van der Waals surface area contributed by atoms with Gasteiger partial charge in [-0.05, 0) is 89.1 Å². The van der Waals surface area contributed by atoms with E-state index in [1.54, 1.807) is 0 Å². The third-order valence-corrected chi connectivity index (χ3v) is 8.79. The molecule has 0 aliphatic heterocycles. The smallest absolute Gasteiger partial charge is 0.242 e. The van der Waals surface area contributed by atoms with Crippen LogP contribution in [0.5, 0.6) is 0 Å². The quantitative estimate of drug-likeness (QED) is 0.173. The summed E-state index contributed by atoms with van der Waals surface area (Å²) < 4.78 is 0. The molecule has 0 fully saturated rings. The van der Waals surface area contributed by atoms with E-state index in [2.05, 4.69) is 180 Å². The fraction of sp³-hybridized carbons (Fsp3) is 0.143. The number of hydrogen-bond donors (Lipinski definition) is 0. The number of nitrogens with zero attached hydrogens (tertiary/aromatic N) is 1. The van der Waals surface area contributed by atoms with Gasteiger partial charge < -0.3 is 4.90 Å². The van der Waals surface area contributed by atoms with Crippen LogP contribution in [0.25, 0.3) is 11.1 Å². The van der Waals surface area contributed by atoms with Gasteiger partial charge in [-0.1, -0.05) is 147 Å². The fourth-order valence-corrected chi connectivity index (χ4v) is 7.04. The van der Waals surface area contributed by atoms with Crippen LogP contribution in [0.1, 0.15) is 33.4 Å². The summed E-state index contributed by atoms with van der Waals surface area (Å²) in [5.41, 5.74) is 18.1. The van der Waals surface area contributed by atoms with Crippen molar-refractivity contribution in [2.45, 2.75) is 41.5 Å². The molecule has 0 amide bonds. The zero-order valence-electron chi connectivity index (χ0n) is 26.7. The Balaban J connectivity index is 1.38. The maximum absolute atomic E-state index is 2.34. The molecule has 0 unspecified atom stereocenters. The Kier molecular flexibility index (Phi) is 8.26. The number of hydrogen-bond acceptors (Lipinski definition) is 1. The van der Waals surface area contributed by atoms with Crippen LogP contribution >= 0.6 is 0 Å². The van der Waals surface area contributed by atoms with Gasteiger partial charge in [-0.2, -0.15) is 0 Å². The number of rotatable bonds is 7. The minimum absolute atomic E-state index is 0.179. The van der Waals surface area contributed by atoms with Crippen LogP contribution in [-0.4, -0.2) is 6.71 Å². The van der Waals surface area contributed by atoms with Crippen molar-refractivity contribution in [3.8, 4) is 11.1 Å². The molecule has 2 heteroatoms. The molecule has 6 aromatic carbocycles. The van der Waals surface area contributed by atoms with E-state index in [4.69, 9.17) is 0 Å². The van der Waals surface area contributed by atoms with Gasteiger partial charge in [-0.3, -0.25) is 0 Å². The highest BCUT2D eigenvalue weighted by Gasteiger charge is 2.28. The second kappa shape index (κ2) is 12.4. The second-order valence-corrected chi connectivity index (χ2v) is 12.2. The first kappa shape index (κ1) is 29.3. The predicted molar refractivity (Wildman–Crippen MR) is 193 cm³/mol. The van der Waals surface area contributed by atoms with E-state index in [9.17, 15) is 0 Å². The molecule has 0 saturated carbocycles. The molecule has 216 valence electrons. The van der Waals surface area contributed by atoms with Crippen molar-refractivity contribution < 1.29 is 0 Å². The average Bonchev–Trinajstić information content (AvgIpc) is 3.01. The molecule has 1 nitrogen and oxygen atoms in total. The highest BCUT2D eigenvalue weighted by molar-refractivity contribution is 6.96. The third kappa shape index (κ3) is 5.86. The van der Waals surface area contributed by atoms with Crippen molar-refractivity contribution in [1.82, 2.24) is 0 Å². The SMILES string of the molecule is Cc1cc(C)c(B(c2ccc(-c3ccc(N(c4ccccc4)c4ccccc4)cc3)cc2)c2c(C)cc(C)cc2C)c(C)c1. The zero-order chi connectivity index (χ0) is 30.8. The number of benzene rings is 6. The Morgan fingerprint density at radius 2 is 0.727 bits per heavy atom. The summed E-state index contributed by atoms with van der Waals surface area (Å²) in [6, 6.07) is 48.6. The minimum atomic E-state index is 0.179. The van der Waals surface area contributed by atoms with Crippen molar-refractivity contribution >= 4 is 40.2 Å². The average molecular weight is 570 g/mol. The van der Waals surface area contributed by atoms with Gasteiger partial charge in [0.15, 0.2) is 0 Å². The number of para-hydroxylation sites is 2. The Hall–Kier alpha value is -4.82. The molecular formula is C42H40BN. The second-order valence-electron chi connectivity index (χ2n) is 12.2. The van der Waals surface area contributed by atoms with E-state index in [0.29, 0.717) is 0 Å². The van der Waals surface area contributed by atoms with Crippen LogP contribution in [0.3, 0.4) is 0 Å². The lowest BCUT2D eigenvalue weighted by Gasteiger charge is -2.25. The summed E-state index contributed by atoms with van der Waals surface area (Å²) in [7, 11) is 0. The maximum Gasteiger partial charge on any atom is 0.242 e. The lowest BCUT2D eigenvalue weighted by Crippen LogP contribution is -2.55. The molecular weight excluding hydrogens is 529 g/mol. The molecule has 6 aromatic rings. The van der Waals surface area contributed by atoms with Crippen LogP contribution in [0.15, 0.2) is 133 Å². The summed E-state index contributed by atoms with van der Waals surface area (Å²) >= 11 is 0. The zero-order valence-corrected chi connectivity index (χ0v) is 26.7. The monoisotopic (exact) mass is 569 g/mol. The van der Waals surface area contributed by atoms with Crippen LogP contribution in [-0.2, 0) is 0 Å². The summed E-state index contributed by atoms with van der Waals surface area (Å²) in [6.45, 7) is 13.6. The summed E-state index contributed by atoms with van der Waals surface area (Å²) in [4.78, 5) is 2.30. The van der Waals surface area contributed by atoms with Crippen molar-refractivity contribution in [3.63, 3.8) is 0 Å². The van der Waals surface area contributed by atoms with Crippen LogP contribution < -0.4 is 21.3 Å². The van der Waals surface area contributed by atoms with E-state index in [1.165, 1.54) is 60.9 Å². The molecule has 0 spiro atoms. The van der Waals surface area contributed by atoms with E-state index >= 15 is 0 Å². The molecule has 0 atom stereocenters. The third-order valence-electron chi connectivity index (χ3n) is 8.79. The van der Waals surface area contributed by atoms with E-state index in [1.807, 2.05) is 0 Å². The van der Waals surface area contributed by atoms with Gasteiger partial charge in [-0.25, -0.2) is 0 Å². The molecule has 6 rings (SSSR count). The summed E-state index contributed by atoms with van der Waals surface area (Å²) in [5.74, 6) is 0. The van der Waals surface area contributed by atoms with E-state index in [-0.39, 0.29) is 6.71 Å². The number of anilines is 3. The van der Waals surface area contributed by atoms with Gasteiger partial charge in [-0.15, -0.1) is 0 Å². The van der Waals surface area contributed by atoms with Gasteiger partial charge >= 0.3 is 0 Å². The first-order valence-electron chi connectivity index (χ1n) is 15.6. The molecule has 0 bridgehead atoms. The Morgan fingerprint density at radius 3 is 1.11 bits per heavy atom. The highest BCUT2D eigenvalue weighted by atomic mass is 15.1. The number of aryl methyl sites for hydroxylation is 6. The first-order valence-corrected chi connectivity index (χ1v) is 15.6. The Bertz CT molecular complexity index is 1750. The van der Waals surface area contributed by atoms with Crippen molar-refractivity contribution in [1.29, 1.82) is 0 Å². The van der Waals surface area contributed by atoms with Crippen molar-refractivity contribution in [3.05, 3.63) is 167 Å². The largest absolute Gasteiger partial charge is 0.311 e. The Labute approximate surface area is 263 Å². The molecule has 0 saturated heterocycles. The molecule has 0 aliphatic rings. The summed E-state index contributed by atoms with van der Waals surface area (Å²) in [6.07, 6.45) is 0. The Morgan fingerprint density at radius 1 is 0.386 bits per heavy atom. The maximum atomic E-state index is 2.34. The molecule has 0 aliphatic carbocycles. The minimum Gasteiger partial charge on any atom is -0.311 e. The van der Waals surface area contributed by atoms with Crippen LogP contribution in [0, 0.1) is 41.5 Å². The predicted octanol–water partition coefficient (Wildman–Crippen LogP) is 9.19. The topological polar surface area (TPSA) is 3.24 Å². The van der Waals surface area contributed by atoms with Gasteiger partial charge in [0, 0.05) is 17.1 Å². The summed E-state index contributed by atoms with van der Waals surface area (Å²) in [5, 5.41) is 0. The van der Waals surface area contributed by atoms with Crippen molar-refractivity contribution in [2.75, 3.05) is 4.90 Å². The molecule has 0 heterocycles. The van der Waals surface area contributed by atoms with E-state index in [0.717, 1.165) is 17.1 Å². The standard InChI is InChI=1S/C42H40BN/c1-29-25-31(3)41(32(4)26-29)43(42-33(5)27-30(2)28-34(42)6)37-21-17-35(18-22-37)36-19-23-40(24-20-36)44(38-13-9-7-10-14-38)39-15-11-8-12-16-39/h7-28H,1-6H3. The lowest BCUT2D eigenvalue weighted by molar-refractivity contribution is 1.28. The normalized spacial score (nSPS) is 11.0. The lowest BCUT2D eigenvalue weighted by atomic mass is 9.34. The van der Waals surface area contributed by atoms with Crippen LogP contribution in [0.2, 0.25) is 0 Å². The highest BCUT2D eigenvalue weighted by Crippen LogP contribution is 2.35.